The van der Waals surface area contributed by atoms with Gasteiger partial charge in [-0.3, -0.25) is 10.2 Å². The Hall–Kier alpha value is -3.26. The van der Waals surface area contributed by atoms with Crippen LogP contribution in [0.25, 0.3) is 0 Å². The van der Waals surface area contributed by atoms with E-state index in [9.17, 15) is 9.59 Å². The SMILES string of the molecule is COCCN(C(=O)Oc1cccc(NC(=O)OC)c1)c1cccc(OC)c1. The summed E-state index contributed by atoms with van der Waals surface area (Å²) >= 11 is 0. The minimum atomic E-state index is -0.614. The maximum Gasteiger partial charge on any atom is 0.419 e. The molecule has 0 spiro atoms. The first-order valence-corrected chi connectivity index (χ1v) is 8.14. The molecule has 2 amide bonds. The van der Waals surface area contributed by atoms with Gasteiger partial charge in [0.15, 0.2) is 0 Å². The standard InChI is InChI=1S/C19H22N2O6/c1-24-11-10-21(15-7-5-8-16(13-15)25-2)19(23)27-17-9-4-6-14(12-17)20-18(22)26-3/h4-9,12-13H,10-11H2,1-3H3,(H,20,22). The van der Waals surface area contributed by atoms with Crippen molar-refractivity contribution in [3.63, 3.8) is 0 Å². The van der Waals surface area contributed by atoms with Crippen LogP contribution >= 0.6 is 0 Å². The van der Waals surface area contributed by atoms with Crippen LogP contribution in [0.5, 0.6) is 11.5 Å². The molecule has 1 N–H and O–H groups in total. The minimum absolute atomic E-state index is 0.277. The lowest BCUT2D eigenvalue weighted by atomic mass is 10.2. The molecule has 0 radical (unpaired) electrons. The van der Waals surface area contributed by atoms with Crippen LogP contribution < -0.4 is 19.7 Å². The smallest absolute Gasteiger partial charge is 0.419 e. The zero-order valence-corrected chi connectivity index (χ0v) is 15.4. The Morgan fingerprint density at radius 1 is 1.00 bits per heavy atom. The maximum atomic E-state index is 12.7. The van der Waals surface area contributed by atoms with Gasteiger partial charge in [-0.1, -0.05) is 12.1 Å². The number of nitrogens with zero attached hydrogens (tertiary/aromatic N) is 1. The molecule has 0 heterocycles. The Kier molecular flexibility index (Phi) is 7.45. The normalized spacial score (nSPS) is 10.0. The number of rotatable bonds is 7. The Labute approximate surface area is 157 Å². The van der Waals surface area contributed by atoms with Crippen molar-refractivity contribution in [1.82, 2.24) is 0 Å². The number of methoxy groups -OCH3 is 3. The number of hydrogen-bond acceptors (Lipinski definition) is 6. The van der Waals surface area contributed by atoms with E-state index in [4.69, 9.17) is 14.2 Å². The second-order valence-electron chi connectivity index (χ2n) is 5.36. The maximum absolute atomic E-state index is 12.7. The summed E-state index contributed by atoms with van der Waals surface area (Å²) in [4.78, 5) is 25.5. The van der Waals surface area contributed by atoms with Crippen molar-refractivity contribution >= 4 is 23.6 Å². The van der Waals surface area contributed by atoms with Gasteiger partial charge in [-0.15, -0.1) is 0 Å². The van der Waals surface area contributed by atoms with Gasteiger partial charge in [0.05, 0.1) is 33.1 Å². The van der Waals surface area contributed by atoms with Gasteiger partial charge < -0.3 is 18.9 Å². The predicted octanol–water partition coefficient (Wildman–Crippen LogP) is 3.53. The zero-order chi connectivity index (χ0) is 19.6. The quantitative estimate of drug-likeness (QED) is 0.798. The number of benzene rings is 2. The van der Waals surface area contributed by atoms with Crippen molar-refractivity contribution in [3.05, 3.63) is 48.5 Å². The van der Waals surface area contributed by atoms with Gasteiger partial charge in [0.1, 0.15) is 11.5 Å². The third-order valence-electron chi connectivity index (χ3n) is 3.58. The van der Waals surface area contributed by atoms with Gasteiger partial charge in [0, 0.05) is 24.9 Å². The molecule has 144 valence electrons. The van der Waals surface area contributed by atoms with E-state index in [2.05, 4.69) is 10.1 Å². The molecule has 0 atom stereocenters. The Morgan fingerprint density at radius 2 is 1.74 bits per heavy atom. The molecule has 0 fully saturated rings. The molecule has 0 aliphatic heterocycles. The molecule has 2 aromatic carbocycles. The number of nitrogens with one attached hydrogen (secondary N) is 1. The van der Waals surface area contributed by atoms with Crippen molar-refractivity contribution < 1.29 is 28.5 Å². The summed E-state index contributed by atoms with van der Waals surface area (Å²) in [6.45, 7) is 0.624. The number of carbonyl (C=O) groups is 2. The second kappa shape index (κ2) is 10.0. The largest absolute Gasteiger partial charge is 0.497 e. The van der Waals surface area contributed by atoms with Crippen molar-refractivity contribution in [1.29, 1.82) is 0 Å². The molecule has 0 aliphatic carbocycles. The van der Waals surface area contributed by atoms with Crippen LogP contribution in [0.2, 0.25) is 0 Å². The second-order valence-corrected chi connectivity index (χ2v) is 5.36. The molecule has 8 nitrogen and oxygen atoms in total. The fourth-order valence-electron chi connectivity index (χ4n) is 2.25. The summed E-state index contributed by atoms with van der Waals surface area (Å²) < 4.78 is 20.3. The highest BCUT2D eigenvalue weighted by Crippen LogP contribution is 2.23. The lowest BCUT2D eigenvalue weighted by molar-refractivity contribution is 0.187. The van der Waals surface area contributed by atoms with E-state index < -0.39 is 12.2 Å². The fourth-order valence-corrected chi connectivity index (χ4v) is 2.25. The fraction of sp³-hybridized carbons (Fsp3) is 0.263. The summed E-state index contributed by atoms with van der Waals surface area (Å²) in [7, 11) is 4.37. The van der Waals surface area contributed by atoms with Crippen molar-refractivity contribution in [2.24, 2.45) is 0 Å². The van der Waals surface area contributed by atoms with Crippen molar-refractivity contribution in [2.45, 2.75) is 0 Å². The van der Waals surface area contributed by atoms with Gasteiger partial charge in [0.2, 0.25) is 0 Å². The van der Waals surface area contributed by atoms with Crippen molar-refractivity contribution in [3.8, 4) is 11.5 Å². The third kappa shape index (κ3) is 5.89. The minimum Gasteiger partial charge on any atom is -0.497 e. The summed E-state index contributed by atoms with van der Waals surface area (Å²) in [6.07, 6.45) is -1.20. The first kappa shape index (κ1) is 20.1. The molecule has 0 aromatic heterocycles. The lowest BCUT2D eigenvalue weighted by Gasteiger charge is -2.22. The summed E-state index contributed by atoms with van der Waals surface area (Å²) in [5, 5.41) is 2.51. The summed E-state index contributed by atoms with van der Waals surface area (Å²) in [5.74, 6) is 0.895. The predicted molar refractivity (Wildman–Crippen MR) is 101 cm³/mol. The van der Waals surface area contributed by atoms with Crippen LogP contribution in [0.1, 0.15) is 0 Å². The topological polar surface area (TPSA) is 86.3 Å². The van der Waals surface area contributed by atoms with Crippen LogP contribution in [0.3, 0.4) is 0 Å². The molecule has 2 aromatic rings. The van der Waals surface area contributed by atoms with E-state index in [1.807, 2.05) is 0 Å². The zero-order valence-electron chi connectivity index (χ0n) is 15.4. The van der Waals surface area contributed by atoms with Gasteiger partial charge in [-0.2, -0.15) is 0 Å². The molecule has 0 saturated carbocycles. The Bertz CT molecular complexity index is 780. The third-order valence-corrected chi connectivity index (χ3v) is 3.58. The van der Waals surface area contributed by atoms with E-state index in [1.165, 1.54) is 18.1 Å². The molecule has 8 heteroatoms. The first-order valence-electron chi connectivity index (χ1n) is 8.14. The molecule has 0 unspecified atom stereocenters. The molecule has 0 saturated heterocycles. The van der Waals surface area contributed by atoms with E-state index in [1.54, 1.807) is 56.7 Å². The molecular formula is C19H22N2O6. The number of amides is 2. The molecule has 0 aliphatic rings. The molecule has 27 heavy (non-hydrogen) atoms. The van der Waals surface area contributed by atoms with Crippen LogP contribution in [-0.4, -0.2) is 46.7 Å². The molecular weight excluding hydrogens is 352 g/mol. The van der Waals surface area contributed by atoms with E-state index in [0.717, 1.165) is 0 Å². The number of hydrogen-bond donors (Lipinski definition) is 1. The van der Waals surface area contributed by atoms with Gasteiger partial charge in [-0.25, -0.2) is 9.59 Å². The Morgan fingerprint density at radius 3 is 2.44 bits per heavy atom. The highest BCUT2D eigenvalue weighted by Gasteiger charge is 2.19. The van der Waals surface area contributed by atoms with Gasteiger partial charge >= 0.3 is 12.2 Å². The summed E-state index contributed by atoms with van der Waals surface area (Å²) in [5.41, 5.74) is 1.05. The molecule has 0 bridgehead atoms. The number of carbonyl (C=O) groups excluding carboxylic acids is 2. The highest BCUT2D eigenvalue weighted by molar-refractivity contribution is 5.90. The average Bonchev–Trinajstić information content (AvgIpc) is 2.68. The van der Waals surface area contributed by atoms with E-state index in [-0.39, 0.29) is 5.75 Å². The van der Waals surface area contributed by atoms with E-state index >= 15 is 0 Å². The monoisotopic (exact) mass is 374 g/mol. The van der Waals surface area contributed by atoms with E-state index in [0.29, 0.717) is 30.3 Å². The van der Waals surface area contributed by atoms with Gasteiger partial charge in [0.25, 0.3) is 0 Å². The van der Waals surface area contributed by atoms with Crippen LogP contribution in [0.4, 0.5) is 21.0 Å². The van der Waals surface area contributed by atoms with Gasteiger partial charge in [-0.05, 0) is 24.3 Å². The number of ether oxygens (including phenoxy) is 4. The lowest BCUT2D eigenvalue weighted by Crippen LogP contribution is -2.36. The summed E-state index contributed by atoms with van der Waals surface area (Å²) in [6, 6.07) is 13.5. The van der Waals surface area contributed by atoms with Crippen molar-refractivity contribution in [2.75, 3.05) is 44.7 Å². The van der Waals surface area contributed by atoms with Crippen LogP contribution in [-0.2, 0) is 9.47 Å². The molecule has 2 rings (SSSR count). The van der Waals surface area contributed by atoms with Crippen LogP contribution in [0.15, 0.2) is 48.5 Å². The first-order chi connectivity index (χ1) is 13.1. The average molecular weight is 374 g/mol. The Balaban J connectivity index is 2.18. The van der Waals surface area contributed by atoms with Crippen LogP contribution in [0, 0.1) is 0 Å². The highest BCUT2D eigenvalue weighted by atomic mass is 16.6. The number of anilines is 2.